The highest BCUT2D eigenvalue weighted by molar-refractivity contribution is 6.35. The van der Waals surface area contributed by atoms with Crippen molar-refractivity contribution in [3.05, 3.63) is 82.3 Å². The van der Waals surface area contributed by atoms with E-state index >= 15 is 0 Å². The number of nitrogens with zero attached hydrogens (tertiary/aromatic N) is 1. The zero-order valence-corrected chi connectivity index (χ0v) is 19.9. The number of halogens is 2. The summed E-state index contributed by atoms with van der Waals surface area (Å²) in [5.74, 6) is 0.538. The van der Waals surface area contributed by atoms with Gasteiger partial charge < -0.3 is 14.4 Å². The number of ether oxygens (including phenoxy) is 2. The Bertz CT molecular complexity index is 1150. The van der Waals surface area contributed by atoms with Crippen LogP contribution in [0.4, 0.5) is 11.4 Å². The lowest BCUT2D eigenvalue weighted by molar-refractivity contribution is -0.125. The van der Waals surface area contributed by atoms with Crippen molar-refractivity contribution in [2.24, 2.45) is 5.92 Å². The quantitative estimate of drug-likeness (QED) is 0.422. The molecule has 0 aromatic heterocycles. The van der Waals surface area contributed by atoms with E-state index in [1.807, 2.05) is 0 Å². The van der Waals surface area contributed by atoms with Crippen molar-refractivity contribution in [3.8, 4) is 11.5 Å². The smallest absolute Gasteiger partial charge is 0.243 e. The molecule has 3 aromatic rings. The predicted molar refractivity (Wildman–Crippen MR) is 132 cm³/mol. The van der Waals surface area contributed by atoms with Crippen molar-refractivity contribution in [2.75, 3.05) is 24.0 Å². The largest absolute Gasteiger partial charge is 0.497 e. The summed E-state index contributed by atoms with van der Waals surface area (Å²) < 4.78 is 10.9. The summed E-state index contributed by atoms with van der Waals surface area (Å²) in [7, 11) is 1.58. The summed E-state index contributed by atoms with van der Waals surface area (Å²) in [4.78, 5) is 26.6. The molecule has 0 spiro atoms. The minimum atomic E-state index is -0.454. The van der Waals surface area contributed by atoms with Gasteiger partial charge in [0.1, 0.15) is 18.1 Å². The summed E-state index contributed by atoms with van der Waals surface area (Å²) in [6.07, 6.45) is 0.150. The second kappa shape index (κ2) is 10.7. The fourth-order valence-electron chi connectivity index (χ4n) is 3.59. The number of hydrogen-bond donors (Lipinski definition) is 2. The van der Waals surface area contributed by atoms with Crippen LogP contribution in [0.15, 0.2) is 66.7 Å². The Balaban J connectivity index is 1.28. The molecule has 2 amide bonds. The monoisotopic (exact) mass is 499 g/mol. The molecule has 7 nitrogen and oxygen atoms in total. The molecule has 1 heterocycles. The van der Waals surface area contributed by atoms with Gasteiger partial charge >= 0.3 is 0 Å². The van der Waals surface area contributed by atoms with Gasteiger partial charge in [-0.1, -0.05) is 29.3 Å². The summed E-state index contributed by atoms with van der Waals surface area (Å²) in [5.41, 5.74) is 7.69. The van der Waals surface area contributed by atoms with Crippen LogP contribution >= 0.6 is 23.2 Å². The van der Waals surface area contributed by atoms with Gasteiger partial charge in [-0.05, 0) is 60.7 Å². The number of hydrogen-bond acceptors (Lipinski definition) is 5. The third kappa shape index (κ3) is 5.55. The Morgan fingerprint density at radius 3 is 2.29 bits per heavy atom. The first-order valence-corrected chi connectivity index (χ1v) is 11.4. The molecule has 1 aliphatic rings. The van der Waals surface area contributed by atoms with Gasteiger partial charge in [-0.2, -0.15) is 0 Å². The number of hydrazine groups is 1. The molecule has 4 rings (SSSR count). The first-order valence-electron chi connectivity index (χ1n) is 10.6. The Morgan fingerprint density at radius 1 is 1.00 bits per heavy atom. The summed E-state index contributed by atoms with van der Waals surface area (Å²) in [6, 6.07) is 19.6. The molecule has 0 saturated carbocycles. The number of carbonyl (C=O) groups is 2. The van der Waals surface area contributed by atoms with Crippen LogP contribution in [-0.4, -0.2) is 25.5 Å². The number of methoxy groups -OCH3 is 1. The zero-order chi connectivity index (χ0) is 24.1. The molecule has 0 aliphatic carbocycles. The average Bonchev–Trinajstić information content (AvgIpc) is 3.24. The van der Waals surface area contributed by atoms with Crippen molar-refractivity contribution < 1.29 is 19.1 Å². The van der Waals surface area contributed by atoms with Crippen molar-refractivity contribution >= 4 is 46.4 Å². The lowest BCUT2D eigenvalue weighted by atomic mass is 10.1. The van der Waals surface area contributed by atoms with E-state index < -0.39 is 5.92 Å². The molecule has 1 saturated heterocycles. The SMILES string of the molecule is COc1ccc(N2C[C@H](C(=O)NNc3ccc(OCc4c(Cl)cccc4Cl)cc3)CC2=O)cc1. The number of benzene rings is 3. The maximum atomic E-state index is 12.6. The van der Waals surface area contributed by atoms with E-state index in [2.05, 4.69) is 10.9 Å². The van der Waals surface area contributed by atoms with Crippen LogP contribution in [0.2, 0.25) is 10.0 Å². The fourth-order valence-corrected chi connectivity index (χ4v) is 4.10. The molecule has 34 heavy (non-hydrogen) atoms. The van der Waals surface area contributed by atoms with Crippen molar-refractivity contribution in [1.29, 1.82) is 0 Å². The third-order valence-electron chi connectivity index (χ3n) is 5.51. The number of carbonyl (C=O) groups excluding carboxylic acids is 2. The molecule has 1 atom stereocenters. The predicted octanol–water partition coefficient (Wildman–Crippen LogP) is 5.08. The van der Waals surface area contributed by atoms with Crippen LogP contribution in [-0.2, 0) is 16.2 Å². The first-order chi connectivity index (χ1) is 16.4. The molecule has 176 valence electrons. The van der Waals surface area contributed by atoms with E-state index in [-0.39, 0.29) is 24.8 Å². The van der Waals surface area contributed by atoms with E-state index in [9.17, 15) is 9.59 Å². The Kier molecular flexibility index (Phi) is 7.45. The third-order valence-corrected chi connectivity index (χ3v) is 6.22. The van der Waals surface area contributed by atoms with Gasteiger partial charge in [0, 0.05) is 34.3 Å². The topological polar surface area (TPSA) is 79.9 Å². The molecule has 0 radical (unpaired) electrons. The van der Waals surface area contributed by atoms with Crippen molar-refractivity contribution in [2.45, 2.75) is 13.0 Å². The van der Waals surface area contributed by atoms with Crippen LogP contribution in [0.3, 0.4) is 0 Å². The summed E-state index contributed by atoms with van der Waals surface area (Å²) >= 11 is 12.3. The molecule has 2 N–H and O–H groups in total. The van der Waals surface area contributed by atoms with Crippen LogP contribution < -0.4 is 25.2 Å². The minimum absolute atomic E-state index is 0.0922. The molecule has 3 aromatic carbocycles. The maximum Gasteiger partial charge on any atom is 0.243 e. The molecule has 0 unspecified atom stereocenters. The Morgan fingerprint density at radius 2 is 1.65 bits per heavy atom. The summed E-state index contributed by atoms with van der Waals surface area (Å²) in [5, 5.41) is 1.09. The fraction of sp³-hybridized carbons (Fsp3) is 0.200. The van der Waals surface area contributed by atoms with Gasteiger partial charge in [-0.15, -0.1) is 0 Å². The van der Waals surface area contributed by atoms with E-state index in [1.54, 1.807) is 78.7 Å². The van der Waals surface area contributed by atoms with Crippen molar-refractivity contribution in [3.63, 3.8) is 0 Å². The highest BCUT2D eigenvalue weighted by Gasteiger charge is 2.35. The van der Waals surface area contributed by atoms with Crippen molar-refractivity contribution in [1.82, 2.24) is 5.43 Å². The Hall–Kier alpha value is -3.42. The van der Waals surface area contributed by atoms with Gasteiger partial charge in [0.05, 0.1) is 18.7 Å². The maximum absolute atomic E-state index is 12.6. The van der Waals surface area contributed by atoms with Crippen LogP contribution in [0.25, 0.3) is 0 Å². The Labute approximate surface area is 207 Å². The number of rotatable bonds is 8. The van der Waals surface area contributed by atoms with Crippen LogP contribution in [0.5, 0.6) is 11.5 Å². The second-order valence-electron chi connectivity index (χ2n) is 7.73. The standard InChI is InChI=1S/C25H23Cl2N3O4/c1-33-19-11-7-18(8-12-19)30-14-16(13-24(30)31)25(32)29-28-17-5-9-20(10-6-17)34-15-21-22(26)3-2-4-23(21)27/h2-12,16,28H,13-15H2,1H3,(H,29,32)/t16-/m1/s1. The normalized spacial score (nSPS) is 15.2. The van der Waals surface area contributed by atoms with Crippen LogP contribution in [0.1, 0.15) is 12.0 Å². The lowest BCUT2D eigenvalue weighted by Gasteiger charge is -2.17. The summed E-state index contributed by atoms with van der Waals surface area (Å²) in [6.45, 7) is 0.554. The minimum Gasteiger partial charge on any atom is -0.497 e. The molecule has 1 fully saturated rings. The highest BCUT2D eigenvalue weighted by Crippen LogP contribution is 2.28. The second-order valence-corrected chi connectivity index (χ2v) is 8.55. The first kappa shape index (κ1) is 23.7. The lowest BCUT2D eigenvalue weighted by Crippen LogP contribution is -2.36. The van der Waals surface area contributed by atoms with Gasteiger partial charge in [-0.3, -0.25) is 20.4 Å². The molecule has 9 heteroatoms. The highest BCUT2D eigenvalue weighted by atomic mass is 35.5. The molecular weight excluding hydrogens is 477 g/mol. The van der Waals surface area contributed by atoms with Gasteiger partial charge in [-0.25, -0.2) is 0 Å². The zero-order valence-electron chi connectivity index (χ0n) is 18.4. The number of amides is 2. The average molecular weight is 500 g/mol. The van der Waals surface area contributed by atoms with E-state index in [0.717, 1.165) is 11.3 Å². The van der Waals surface area contributed by atoms with Gasteiger partial charge in [0.2, 0.25) is 11.8 Å². The molecule has 1 aliphatic heterocycles. The number of anilines is 2. The molecule has 0 bridgehead atoms. The van der Waals surface area contributed by atoms with E-state index in [0.29, 0.717) is 33.8 Å². The number of nitrogens with one attached hydrogen (secondary N) is 2. The van der Waals surface area contributed by atoms with Crippen LogP contribution in [0, 0.1) is 5.92 Å². The van der Waals surface area contributed by atoms with E-state index in [1.165, 1.54) is 0 Å². The molecular formula is C25H23Cl2N3O4. The van der Waals surface area contributed by atoms with Gasteiger partial charge in [0.15, 0.2) is 0 Å². The van der Waals surface area contributed by atoms with Gasteiger partial charge in [0.25, 0.3) is 0 Å². The van der Waals surface area contributed by atoms with E-state index in [4.69, 9.17) is 32.7 Å².